The minimum Gasteiger partial charge on any atom is -0.369 e. The molecule has 1 atom stereocenters. The zero-order chi connectivity index (χ0) is 15.1. The zero-order valence-corrected chi connectivity index (χ0v) is 12.1. The summed E-state index contributed by atoms with van der Waals surface area (Å²) in [5.74, 6) is 0.198. The Morgan fingerprint density at radius 2 is 2.25 bits per heavy atom. The molecule has 1 heterocycles. The average Bonchev–Trinajstić information content (AvgIpc) is 2.37. The number of amides is 1. The smallest absolute Gasteiger partial charge is 0.276 e. The summed E-state index contributed by atoms with van der Waals surface area (Å²) < 4.78 is 0. The molecule has 0 bridgehead atoms. The number of rotatable bonds is 7. The number of halogens is 1. The van der Waals surface area contributed by atoms with Gasteiger partial charge in [-0.05, 0) is 13.3 Å². The van der Waals surface area contributed by atoms with Gasteiger partial charge in [-0.2, -0.15) is 0 Å². The first kappa shape index (κ1) is 16.2. The molecule has 1 amide bonds. The lowest BCUT2D eigenvalue weighted by atomic mass is 10.2. The zero-order valence-electron chi connectivity index (χ0n) is 11.4. The van der Waals surface area contributed by atoms with Gasteiger partial charge in [0.15, 0.2) is 0 Å². The highest BCUT2D eigenvalue weighted by Gasteiger charge is 2.10. The van der Waals surface area contributed by atoms with Gasteiger partial charge in [0.05, 0.1) is 17.1 Å². The summed E-state index contributed by atoms with van der Waals surface area (Å²) in [5.41, 5.74) is -0.142. The first-order valence-electron chi connectivity index (χ1n) is 6.27. The number of nitrogens with zero attached hydrogens (tertiary/aromatic N) is 2. The number of aromatic nitrogens is 1. The number of anilines is 1. The van der Waals surface area contributed by atoms with E-state index in [0.29, 0.717) is 6.54 Å². The molecule has 110 valence electrons. The van der Waals surface area contributed by atoms with E-state index in [2.05, 4.69) is 15.6 Å². The van der Waals surface area contributed by atoms with Gasteiger partial charge >= 0.3 is 0 Å². The van der Waals surface area contributed by atoms with E-state index in [-0.39, 0.29) is 35.0 Å². The fourth-order valence-corrected chi connectivity index (χ4v) is 1.64. The summed E-state index contributed by atoms with van der Waals surface area (Å²) in [6.07, 6.45) is 1.12. The molecule has 0 radical (unpaired) electrons. The lowest BCUT2D eigenvalue weighted by Gasteiger charge is -2.11. The van der Waals surface area contributed by atoms with Crippen LogP contribution in [0.5, 0.6) is 0 Å². The van der Waals surface area contributed by atoms with Gasteiger partial charge in [0.2, 0.25) is 5.91 Å². The third-order valence-corrected chi connectivity index (χ3v) is 2.86. The molecule has 0 saturated carbocycles. The van der Waals surface area contributed by atoms with Crippen LogP contribution in [0.1, 0.15) is 26.7 Å². The van der Waals surface area contributed by atoms with Crippen LogP contribution in [-0.4, -0.2) is 28.4 Å². The van der Waals surface area contributed by atoms with Gasteiger partial charge < -0.3 is 10.6 Å². The molecule has 2 N–H and O–H groups in total. The second-order valence-corrected chi connectivity index (χ2v) is 4.73. The third kappa shape index (κ3) is 5.40. The Kier molecular flexibility index (Phi) is 6.17. The normalized spacial score (nSPS) is 11.8. The number of pyridine rings is 1. The maximum Gasteiger partial charge on any atom is 0.276 e. The lowest BCUT2D eigenvalue weighted by Crippen LogP contribution is -2.33. The van der Waals surface area contributed by atoms with Gasteiger partial charge in [0.1, 0.15) is 11.0 Å². The van der Waals surface area contributed by atoms with Crippen molar-refractivity contribution in [3.8, 4) is 0 Å². The van der Waals surface area contributed by atoms with Gasteiger partial charge in [0.25, 0.3) is 5.69 Å². The van der Waals surface area contributed by atoms with E-state index in [1.807, 2.05) is 13.8 Å². The molecule has 0 aliphatic rings. The van der Waals surface area contributed by atoms with Gasteiger partial charge in [-0.3, -0.25) is 14.9 Å². The Bertz CT molecular complexity index is 496. The molecule has 0 fully saturated rings. The molecule has 1 aromatic heterocycles. The van der Waals surface area contributed by atoms with Crippen molar-refractivity contribution in [2.75, 3.05) is 11.9 Å². The second kappa shape index (κ2) is 7.64. The Balaban J connectivity index is 2.50. The summed E-state index contributed by atoms with van der Waals surface area (Å²) in [6.45, 7) is 4.23. The van der Waals surface area contributed by atoms with Crippen molar-refractivity contribution in [1.82, 2.24) is 10.3 Å². The van der Waals surface area contributed by atoms with Crippen molar-refractivity contribution in [3.63, 3.8) is 0 Å². The molecule has 1 unspecified atom stereocenters. The number of carbonyl (C=O) groups is 1. The Morgan fingerprint density at radius 1 is 1.55 bits per heavy atom. The molecule has 0 aliphatic heterocycles. The number of hydrogen-bond acceptors (Lipinski definition) is 5. The fourth-order valence-electron chi connectivity index (χ4n) is 1.43. The molecule has 1 aromatic rings. The topological polar surface area (TPSA) is 97.2 Å². The molecule has 0 saturated heterocycles. The van der Waals surface area contributed by atoms with Crippen molar-refractivity contribution in [1.29, 1.82) is 0 Å². The Morgan fingerprint density at radius 3 is 2.85 bits per heavy atom. The molecule has 7 nitrogen and oxygen atoms in total. The van der Waals surface area contributed by atoms with Gasteiger partial charge in [-0.15, -0.1) is 0 Å². The van der Waals surface area contributed by atoms with E-state index >= 15 is 0 Å². The van der Waals surface area contributed by atoms with Crippen molar-refractivity contribution in [2.24, 2.45) is 0 Å². The van der Waals surface area contributed by atoms with Crippen LogP contribution in [0.15, 0.2) is 12.1 Å². The van der Waals surface area contributed by atoms with Crippen LogP contribution in [0.25, 0.3) is 0 Å². The molecule has 0 spiro atoms. The maximum atomic E-state index is 11.5. The molecular weight excluding hydrogens is 284 g/mol. The number of nitro groups is 1. The standard InChI is InChI=1S/C12H17ClN4O3/c1-3-8(2)15-12(18)4-5-14-11-7-9(17(19)20)6-10(13)16-11/h6-8H,3-5H2,1-2H3,(H,14,16)(H,15,18). The van der Waals surface area contributed by atoms with Crippen molar-refractivity contribution in [3.05, 3.63) is 27.4 Å². The van der Waals surface area contributed by atoms with Crippen molar-refractivity contribution >= 4 is 29.0 Å². The predicted octanol–water partition coefficient (Wildman–Crippen LogP) is 2.36. The average molecular weight is 301 g/mol. The molecular formula is C12H17ClN4O3. The van der Waals surface area contributed by atoms with Crippen LogP contribution in [0.4, 0.5) is 11.5 Å². The van der Waals surface area contributed by atoms with Crippen molar-refractivity contribution < 1.29 is 9.72 Å². The number of carbonyl (C=O) groups excluding carboxylic acids is 1. The summed E-state index contributed by atoms with van der Waals surface area (Å²) in [5, 5.41) is 16.4. The SMILES string of the molecule is CCC(C)NC(=O)CCNc1cc([N+](=O)[O-])cc(Cl)n1. The monoisotopic (exact) mass is 300 g/mol. The minimum absolute atomic E-state index is 0.0331. The number of nitrogens with one attached hydrogen (secondary N) is 2. The first-order valence-corrected chi connectivity index (χ1v) is 6.65. The van der Waals surface area contributed by atoms with Crippen molar-refractivity contribution in [2.45, 2.75) is 32.7 Å². The van der Waals surface area contributed by atoms with Crippen LogP contribution in [0, 0.1) is 10.1 Å². The summed E-state index contributed by atoms with van der Waals surface area (Å²) in [4.78, 5) is 25.6. The van der Waals surface area contributed by atoms with Crippen LogP contribution < -0.4 is 10.6 Å². The number of hydrogen-bond donors (Lipinski definition) is 2. The van der Waals surface area contributed by atoms with E-state index in [1.54, 1.807) is 0 Å². The first-order chi connectivity index (χ1) is 9.42. The van der Waals surface area contributed by atoms with Crippen LogP contribution >= 0.6 is 11.6 Å². The third-order valence-electron chi connectivity index (χ3n) is 2.67. The van der Waals surface area contributed by atoms with Crippen LogP contribution in [0.3, 0.4) is 0 Å². The van der Waals surface area contributed by atoms with Gasteiger partial charge in [0, 0.05) is 19.0 Å². The molecule has 1 rings (SSSR count). The quantitative estimate of drug-likeness (QED) is 0.458. The second-order valence-electron chi connectivity index (χ2n) is 4.34. The highest BCUT2D eigenvalue weighted by molar-refractivity contribution is 6.29. The minimum atomic E-state index is -0.547. The lowest BCUT2D eigenvalue weighted by molar-refractivity contribution is -0.384. The van der Waals surface area contributed by atoms with Gasteiger partial charge in [-0.1, -0.05) is 18.5 Å². The largest absolute Gasteiger partial charge is 0.369 e. The molecule has 0 aliphatic carbocycles. The van der Waals surface area contributed by atoms with Gasteiger partial charge in [-0.25, -0.2) is 4.98 Å². The van der Waals surface area contributed by atoms with E-state index in [4.69, 9.17) is 11.6 Å². The highest BCUT2D eigenvalue weighted by atomic mass is 35.5. The predicted molar refractivity (Wildman–Crippen MR) is 76.9 cm³/mol. The Labute approximate surface area is 121 Å². The fraction of sp³-hybridized carbons (Fsp3) is 0.500. The van der Waals surface area contributed by atoms with Crippen LogP contribution in [-0.2, 0) is 4.79 Å². The van der Waals surface area contributed by atoms with E-state index in [9.17, 15) is 14.9 Å². The summed E-state index contributed by atoms with van der Waals surface area (Å²) in [7, 11) is 0. The maximum absolute atomic E-state index is 11.5. The van der Waals surface area contributed by atoms with E-state index in [0.717, 1.165) is 6.42 Å². The van der Waals surface area contributed by atoms with E-state index in [1.165, 1.54) is 12.1 Å². The van der Waals surface area contributed by atoms with E-state index < -0.39 is 4.92 Å². The van der Waals surface area contributed by atoms with Crippen LogP contribution in [0.2, 0.25) is 5.15 Å². The summed E-state index contributed by atoms with van der Waals surface area (Å²) in [6, 6.07) is 2.58. The summed E-state index contributed by atoms with van der Waals surface area (Å²) >= 11 is 5.69. The highest BCUT2D eigenvalue weighted by Crippen LogP contribution is 2.20. The molecule has 20 heavy (non-hydrogen) atoms. The molecule has 8 heteroatoms. The Hall–Kier alpha value is -1.89. The molecule has 0 aromatic carbocycles.